The number of aliphatic hydroxyl groups excluding tert-OH is 1. The van der Waals surface area contributed by atoms with Crippen molar-refractivity contribution < 1.29 is 19.4 Å². The highest BCUT2D eigenvalue weighted by atomic mass is 35.5. The second-order valence-electron chi connectivity index (χ2n) is 9.77. The number of aliphatic hydroxyl groups is 1. The number of nitrogens with zero attached hydrogens (tertiary/aromatic N) is 3. The van der Waals surface area contributed by atoms with E-state index in [1.165, 1.54) is 0 Å². The highest BCUT2D eigenvalue weighted by Crippen LogP contribution is 2.35. The number of piperidine rings is 1. The molecule has 0 radical (unpaired) electrons. The Morgan fingerprint density at radius 2 is 2.06 bits per heavy atom. The first-order chi connectivity index (χ1) is 16.6. The molecule has 4 N–H and O–H groups in total. The molecule has 9 nitrogen and oxygen atoms in total. The Kier molecular flexibility index (Phi) is 7.61. The summed E-state index contributed by atoms with van der Waals surface area (Å²) in [6.07, 6.45) is 4.27. The number of pyridine rings is 1. The minimum atomic E-state index is -0.690. The standard InChI is InChI=1S/C25H32ClN5O4/c1-25(2)15-31(13-22(33)30-9-3-4-18(32)12-30)21(14-35-25)24(34)29-20-11-17(26)10-19(23(20)27)16-5-7-28-8-6-16/h5-8,10-11,18,21,32H,3-4,9,12-15,27H2,1-2H3,(H,29,34)/t18?,21-/m0/s1. The van der Waals surface area contributed by atoms with Crippen LogP contribution in [0.1, 0.15) is 26.7 Å². The fraction of sp³-hybridized carbons (Fsp3) is 0.480. The third kappa shape index (κ3) is 6.10. The molecular formula is C25H32ClN5O4. The fourth-order valence-corrected chi connectivity index (χ4v) is 4.84. The van der Waals surface area contributed by atoms with Gasteiger partial charge in [0.2, 0.25) is 11.8 Å². The van der Waals surface area contributed by atoms with E-state index in [4.69, 9.17) is 22.1 Å². The van der Waals surface area contributed by atoms with Gasteiger partial charge in [-0.1, -0.05) is 11.6 Å². The molecule has 2 aliphatic rings. The van der Waals surface area contributed by atoms with E-state index in [1.807, 2.05) is 30.9 Å². The number of nitrogen functional groups attached to an aromatic ring is 1. The Morgan fingerprint density at radius 3 is 2.77 bits per heavy atom. The minimum Gasteiger partial charge on any atom is -0.397 e. The number of likely N-dealkylation sites (tertiary alicyclic amines) is 1. The number of β-amino-alcohol motifs (C(OH)–C–C–N with tert-alkyl or cyclic N) is 1. The molecule has 2 fully saturated rings. The molecule has 188 valence electrons. The van der Waals surface area contributed by atoms with Gasteiger partial charge in [0.05, 0.1) is 36.2 Å². The number of rotatable bonds is 5. The summed E-state index contributed by atoms with van der Waals surface area (Å²) in [7, 11) is 0. The lowest BCUT2D eigenvalue weighted by molar-refractivity contribution is -0.151. The Morgan fingerprint density at radius 1 is 1.31 bits per heavy atom. The van der Waals surface area contributed by atoms with Gasteiger partial charge in [0, 0.05) is 42.6 Å². The Labute approximate surface area is 210 Å². The van der Waals surface area contributed by atoms with Gasteiger partial charge in [0.15, 0.2) is 0 Å². The number of aromatic nitrogens is 1. The molecule has 4 rings (SSSR count). The summed E-state index contributed by atoms with van der Waals surface area (Å²) in [4.78, 5) is 33.9. The summed E-state index contributed by atoms with van der Waals surface area (Å²) >= 11 is 6.35. The van der Waals surface area contributed by atoms with Crippen LogP contribution >= 0.6 is 11.6 Å². The van der Waals surface area contributed by atoms with Gasteiger partial charge in [0.25, 0.3) is 0 Å². The second kappa shape index (κ2) is 10.5. The predicted octanol–water partition coefficient (Wildman–Crippen LogP) is 2.39. The first-order valence-electron chi connectivity index (χ1n) is 11.8. The van der Waals surface area contributed by atoms with Crippen LogP contribution in [-0.4, -0.2) is 82.2 Å². The summed E-state index contributed by atoms with van der Waals surface area (Å²) in [5, 5.41) is 13.3. The molecule has 1 aromatic carbocycles. The molecule has 2 aliphatic heterocycles. The van der Waals surface area contributed by atoms with Crippen molar-refractivity contribution in [3.05, 3.63) is 41.7 Å². The SMILES string of the molecule is CC1(C)CN(CC(=O)N2CCCC(O)C2)[C@H](C(=O)Nc2cc(Cl)cc(-c3ccncc3)c2N)CO1. The number of hydrogen-bond acceptors (Lipinski definition) is 7. The zero-order chi connectivity index (χ0) is 25.2. The van der Waals surface area contributed by atoms with Crippen molar-refractivity contribution in [2.75, 3.05) is 43.8 Å². The van der Waals surface area contributed by atoms with Crippen molar-refractivity contribution in [2.24, 2.45) is 0 Å². The van der Waals surface area contributed by atoms with E-state index in [1.54, 1.807) is 29.4 Å². The first kappa shape index (κ1) is 25.4. The maximum atomic E-state index is 13.4. The molecule has 0 saturated carbocycles. The van der Waals surface area contributed by atoms with Crippen LogP contribution in [-0.2, 0) is 14.3 Å². The van der Waals surface area contributed by atoms with Gasteiger partial charge in [-0.15, -0.1) is 0 Å². The minimum absolute atomic E-state index is 0.0604. The Balaban J connectivity index is 1.53. The number of halogens is 1. The maximum absolute atomic E-state index is 13.4. The molecule has 2 amide bonds. The van der Waals surface area contributed by atoms with Crippen molar-refractivity contribution in [3.63, 3.8) is 0 Å². The van der Waals surface area contributed by atoms with E-state index in [0.29, 0.717) is 48.0 Å². The normalized spacial score (nSPS) is 22.6. The number of nitrogens with two attached hydrogens (primary N) is 1. The molecule has 10 heteroatoms. The number of hydrogen-bond donors (Lipinski definition) is 3. The van der Waals surface area contributed by atoms with Crippen molar-refractivity contribution in [2.45, 2.75) is 44.4 Å². The largest absolute Gasteiger partial charge is 0.397 e. The Bertz CT molecular complexity index is 1080. The molecule has 2 atom stereocenters. The van der Waals surface area contributed by atoms with Crippen LogP contribution in [0.5, 0.6) is 0 Å². The van der Waals surface area contributed by atoms with Crippen LogP contribution in [0.4, 0.5) is 11.4 Å². The highest BCUT2D eigenvalue weighted by Gasteiger charge is 2.39. The lowest BCUT2D eigenvalue weighted by atomic mass is 10.0. The van der Waals surface area contributed by atoms with Crippen LogP contribution in [0.3, 0.4) is 0 Å². The molecule has 1 aromatic heterocycles. The van der Waals surface area contributed by atoms with Gasteiger partial charge >= 0.3 is 0 Å². The molecule has 2 saturated heterocycles. The molecule has 1 unspecified atom stereocenters. The van der Waals surface area contributed by atoms with E-state index in [9.17, 15) is 14.7 Å². The smallest absolute Gasteiger partial charge is 0.244 e. The summed E-state index contributed by atoms with van der Waals surface area (Å²) in [5.74, 6) is -0.442. The zero-order valence-corrected chi connectivity index (χ0v) is 20.8. The molecule has 35 heavy (non-hydrogen) atoms. The number of carbonyl (C=O) groups excluding carboxylic acids is 2. The second-order valence-corrected chi connectivity index (χ2v) is 10.2. The van der Waals surface area contributed by atoms with Crippen molar-refractivity contribution in [1.29, 1.82) is 0 Å². The molecule has 0 aliphatic carbocycles. The van der Waals surface area contributed by atoms with E-state index < -0.39 is 17.7 Å². The average molecular weight is 502 g/mol. The van der Waals surface area contributed by atoms with E-state index in [0.717, 1.165) is 12.0 Å². The maximum Gasteiger partial charge on any atom is 0.244 e. The molecule has 0 spiro atoms. The van der Waals surface area contributed by atoms with Crippen molar-refractivity contribution in [3.8, 4) is 11.1 Å². The van der Waals surface area contributed by atoms with Gasteiger partial charge in [-0.05, 0) is 56.5 Å². The number of anilines is 2. The van der Waals surface area contributed by atoms with Gasteiger partial charge < -0.3 is 25.8 Å². The number of benzene rings is 1. The van der Waals surface area contributed by atoms with Crippen LogP contribution in [0.15, 0.2) is 36.7 Å². The summed E-state index contributed by atoms with van der Waals surface area (Å²) < 4.78 is 5.93. The average Bonchev–Trinajstić information content (AvgIpc) is 2.81. The summed E-state index contributed by atoms with van der Waals surface area (Å²) in [6.45, 7) is 5.38. The highest BCUT2D eigenvalue weighted by molar-refractivity contribution is 6.31. The van der Waals surface area contributed by atoms with Gasteiger partial charge in [-0.25, -0.2) is 0 Å². The molecule has 2 aromatic rings. The van der Waals surface area contributed by atoms with E-state index >= 15 is 0 Å². The van der Waals surface area contributed by atoms with Crippen molar-refractivity contribution in [1.82, 2.24) is 14.8 Å². The number of amides is 2. The van der Waals surface area contributed by atoms with Gasteiger partial charge in [0.1, 0.15) is 6.04 Å². The van der Waals surface area contributed by atoms with Gasteiger partial charge in [-0.3, -0.25) is 19.5 Å². The number of nitrogens with one attached hydrogen (secondary N) is 1. The van der Waals surface area contributed by atoms with E-state index in [2.05, 4.69) is 10.3 Å². The quantitative estimate of drug-likeness (QED) is 0.538. The first-order valence-corrected chi connectivity index (χ1v) is 12.1. The lowest BCUT2D eigenvalue weighted by Gasteiger charge is -2.43. The van der Waals surface area contributed by atoms with Crippen LogP contribution in [0.2, 0.25) is 5.02 Å². The third-order valence-electron chi connectivity index (χ3n) is 6.44. The number of morpholine rings is 1. The monoisotopic (exact) mass is 501 g/mol. The van der Waals surface area contributed by atoms with Crippen LogP contribution < -0.4 is 11.1 Å². The number of ether oxygens (including phenoxy) is 1. The topological polar surface area (TPSA) is 121 Å². The fourth-order valence-electron chi connectivity index (χ4n) is 4.63. The lowest BCUT2D eigenvalue weighted by Crippen LogP contribution is -2.60. The van der Waals surface area contributed by atoms with E-state index in [-0.39, 0.29) is 25.0 Å². The molecule has 0 bridgehead atoms. The predicted molar refractivity (Wildman–Crippen MR) is 135 cm³/mol. The van der Waals surface area contributed by atoms with Crippen LogP contribution in [0.25, 0.3) is 11.1 Å². The summed E-state index contributed by atoms with van der Waals surface area (Å²) in [5.41, 5.74) is 8.19. The summed E-state index contributed by atoms with van der Waals surface area (Å²) in [6, 6.07) is 6.29. The van der Waals surface area contributed by atoms with Gasteiger partial charge in [-0.2, -0.15) is 0 Å². The number of carbonyl (C=O) groups is 2. The van der Waals surface area contributed by atoms with Crippen LogP contribution in [0, 0.1) is 0 Å². The zero-order valence-electron chi connectivity index (χ0n) is 20.0. The molecular weight excluding hydrogens is 470 g/mol. The molecule has 3 heterocycles. The van der Waals surface area contributed by atoms with Crippen molar-refractivity contribution >= 4 is 34.8 Å². The Hall–Kier alpha value is -2.72. The third-order valence-corrected chi connectivity index (χ3v) is 6.66.